The standard InChI is InChI=1S/C20H27N3/c1-4-10-19(11-5-1)21-14-17-23(20-12-6-2-7-13-20)18-22-15-8-3-9-16-22/h1-2,4-7,10-13,21H,3,8-9,14-18H2. The van der Waals surface area contributed by atoms with E-state index in [-0.39, 0.29) is 0 Å². The maximum absolute atomic E-state index is 3.52. The Balaban J connectivity index is 1.58. The molecule has 1 aliphatic heterocycles. The van der Waals surface area contributed by atoms with Gasteiger partial charge in [-0.25, -0.2) is 0 Å². The third-order valence-electron chi connectivity index (χ3n) is 4.43. The summed E-state index contributed by atoms with van der Waals surface area (Å²) >= 11 is 0. The lowest BCUT2D eigenvalue weighted by Gasteiger charge is -2.34. The number of hydrogen-bond acceptors (Lipinski definition) is 3. The van der Waals surface area contributed by atoms with Crippen LogP contribution in [0.4, 0.5) is 11.4 Å². The second kappa shape index (κ2) is 8.59. The second-order valence-electron chi connectivity index (χ2n) is 6.21. The van der Waals surface area contributed by atoms with Crippen LogP contribution in [0.5, 0.6) is 0 Å². The Hall–Kier alpha value is -2.00. The van der Waals surface area contributed by atoms with Gasteiger partial charge < -0.3 is 10.2 Å². The summed E-state index contributed by atoms with van der Waals surface area (Å²) in [4.78, 5) is 5.07. The van der Waals surface area contributed by atoms with Gasteiger partial charge in [0.1, 0.15) is 0 Å². The largest absolute Gasteiger partial charge is 0.383 e. The smallest absolute Gasteiger partial charge is 0.0707 e. The van der Waals surface area contributed by atoms with Crippen molar-refractivity contribution < 1.29 is 0 Å². The van der Waals surface area contributed by atoms with Crippen molar-refractivity contribution in [3.05, 3.63) is 60.7 Å². The average molecular weight is 309 g/mol. The van der Waals surface area contributed by atoms with Crippen LogP contribution in [0.15, 0.2) is 60.7 Å². The van der Waals surface area contributed by atoms with Crippen LogP contribution in [-0.4, -0.2) is 37.7 Å². The zero-order chi connectivity index (χ0) is 15.7. The Morgan fingerprint density at radius 3 is 2.17 bits per heavy atom. The number of anilines is 2. The Morgan fingerprint density at radius 2 is 1.48 bits per heavy atom. The number of nitrogens with zero attached hydrogens (tertiary/aromatic N) is 2. The first-order chi connectivity index (χ1) is 11.4. The van der Waals surface area contributed by atoms with E-state index in [0.29, 0.717) is 0 Å². The monoisotopic (exact) mass is 309 g/mol. The van der Waals surface area contributed by atoms with Crippen molar-refractivity contribution in [2.24, 2.45) is 0 Å². The van der Waals surface area contributed by atoms with Crippen molar-refractivity contribution in [2.45, 2.75) is 19.3 Å². The van der Waals surface area contributed by atoms with Crippen LogP contribution in [-0.2, 0) is 0 Å². The molecule has 0 amide bonds. The molecule has 0 radical (unpaired) electrons. The summed E-state index contributed by atoms with van der Waals surface area (Å²) in [5.74, 6) is 0. The number of hydrogen-bond donors (Lipinski definition) is 1. The molecule has 0 atom stereocenters. The molecule has 0 spiro atoms. The summed E-state index contributed by atoms with van der Waals surface area (Å²) in [5.41, 5.74) is 2.51. The minimum Gasteiger partial charge on any atom is -0.383 e. The summed E-state index contributed by atoms with van der Waals surface area (Å²) in [6, 6.07) is 21.2. The predicted octanol–water partition coefficient (Wildman–Crippen LogP) is 4.05. The Morgan fingerprint density at radius 1 is 0.826 bits per heavy atom. The maximum atomic E-state index is 3.52. The molecule has 1 fully saturated rings. The van der Waals surface area contributed by atoms with Crippen LogP contribution in [0.1, 0.15) is 19.3 Å². The second-order valence-corrected chi connectivity index (χ2v) is 6.21. The van der Waals surface area contributed by atoms with E-state index in [1.807, 2.05) is 0 Å². The zero-order valence-electron chi connectivity index (χ0n) is 13.8. The summed E-state index contributed by atoms with van der Waals surface area (Å²) in [5, 5.41) is 3.52. The van der Waals surface area contributed by atoms with Gasteiger partial charge in [0.15, 0.2) is 0 Å². The molecule has 3 rings (SSSR count). The Kier molecular flexibility index (Phi) is 5.93. The van der Waals surface area contributed by atoms with Crippen LogP contribution in [0.25, 0.3) is 0 Å². The van der Waals surface area contributed by atoms with Crippen LogP contribution in [0.2, 0.25) is 0 Å². The van der Waals surface area contributed by atoms with Crippen LogP contribution >= 0.6 is 0 Å². The van der Waals surface area contributed by atoms with Crippen molar-refractivity contribution in [3.63, 3.8) is 0 Å². The van der Waals surface area contributed by atoms with Crippen molar-refractivity contribution in [1.82, 2.24) is 4.90 Å². The van der Waals surface area contributed by atoms with E-state index in [2.05, 4.69) is 75.8 Å². The molecule has 1 aliphatic rings. The first kappa shape index (κ1) is 15.9. The lowest BCUT2D eigenvalue weighted by molar-refractivity contribution is 0.228. The van der Waals surface area contributed by atoms with E-state index in [0.717, 1.165) is 19.8 Å². The number of likely N-dealkylation sites (tertiary alicyclic amines) is 1. The molecule has 1 saturated heterocycles. The summed E-state index contributed by atoms with van der Waals surface area (Å²) in [7, 11) is 0. The molecule has 2 aromatic carbocycles. The Bertz CT molecular complexity index is 550. The number of piperidine rings is 1. The number of rotatable bonds is 7. The molecule has 23 heavy (non-hydrogen) atoms. The third-order valence-corrected chi connectivity index (χ3v) is 4.43. The van der Waals surface area contributed by atoms with Crippen molar-refractivity contribution in [2.75, 3.05) is 43.1 Å². The lowest BCUT2D eigenvalue weighted by atomic mass is 10.1. The van der Waals surface area contributed by atoms with Crippen molar-refractivity contribution in [1.29, 1.82) is 0 Å². The van der Waals surface area contributed by atoms with Crippen molar-refractivity contribution >= 4 is 11.4 Å². The average Bonchev–Trinajstić information content (AvgIpc) is 2.63. The van der Waals surface area contributed by atoms with Crippen LogP contribution in [0.3, 0.4) is 0 Å². The van der Waals surface area contributed by atoms with Gasteiger partial charge in [-0.1, -0.05) is 42.8 Å². The molecule has 3 heteroatoms. The van der Waals surface area contributed by atoms with Gasteiger partial charge in [-0.2, -0.15) is 0 Å². The number of benzene rings is 2. The topological polar surface area (TPSA) is 18.5 Å². The molecule has 0 aromatic heterocycles. The molecule has 0 unspecified atom stereocenters. The molecule has 2 aromatic rings. The molecule has 1 N–H and O–H groups in total. The normalized spacial score (nSPS) is 15.3. The predicted molar refractivity (Wildman–Crippen MR) is 99.0 cm³/mol. The molecule has 0 saturated carbocycles. The first-order valence-corrected chi connectivity index (χ1v) is 8.73. The van der Waals surface area contributed by atoms with E-state index < -0.39 is 0 Å². The molecule has 0 bridgehead atoms. The summed E-state index contributed by atoms with van der Waals surface area (Å²) in [6.45, 7) is 5.45. The quantitative estimate of drug-likeness (QED) is 0.832. The maximum Gasteiger partial charge on any atom is 0.0707 e. The van der Waals surface area contributed by atoms with Gasteiger partial charge in [0.05, 0.1) is 6.67 Å². The van der Waals surface area contributed by atoms with E-state index in [4.69, 9.17) is 0 Å². The highest BCUT2D eigenvalue weighted by molar-refractivity contribution is 5.47. The van der Waals surface area contributed by atoms with E-state index in [1.165, 1.54) is 43.7 Å². The van der Waals surface area contributed by atoms with Crippen LogP contribution in [0, 0.1) is 0 Å². The number of nitrogens with one attached hydrogen (secondary N) is 1. The SMILES string of the molecule is c1ccc(NCCN(CN2CCCCC2)c2ccccc2)cc1. The fourth-order valence-corrected chi connectivity index (χ4v) is 3.15. The summed E-state index contributed by atoms with van der Waals surface area (Å²) in [6.07, 6.45) is 4.06. The molecule has 0 aliphatic carbocycles. The fraction of sp³-hybridized carbons (Fsp3) is 0.400. The molecular formula is C20H27N3. The van der Waals surface area contributed by atoms with E-state index >= 15 is 0 Å². The van der Waals surface area contributed by atoms with Crippen molar-refractivity contribution in [3.8, 4) is 0 Å². The Labute approximate surface area is 139 Å². The fourth-order valence-electron chi connectivity index (χ4n) is 3.15. The molecule has 3 nitrogen and oxygen atoms in total. The van der Waals surface area contributed by atoms with Crippen LogP contribution < -0.4 is 10.2 Å². The third kappa shape index (κ3) is 5.00. The molecule has 1 heterocycles. The zero-order valence-corrected chi connectivity index (χ0v) is 13.8. The minimum atomic E-state index is 0.951. The van der Waals surface area contributed by atoms with E-state index in [1.54, 1.807) is 0 Å². The molecule has 122 valence electrons. The minimum absolute atomic E-state index is 0.951. The van der Waals surface area contributed by atoms with Gasteiger partial charge in [0, 0.05) is 24.5 Å². The molecular weight excluding hydrogens is 282 g/mol. The lowest BCUT2D eigenvalue weighted by Crippen LogP contribution is -2.42. The summed E-state index contributed by atoms with van der Waals surface area (Å²) < 4.78 is 0. The van der Waals surface area contributed by atoms with Gasteiger partial charge in [-0.05, 0) is 50.2 Å². The van der Waals surface area contributed by atoms with Gasteiger partial charge in [0.25, 0.3) is 0 Å². The van der Waals surface area contributed by atoms with E-state index in [9.17, 15) is 0 Å². The highest BCUT2D eigenvalue weighted by Gasteiger charge is 2.14. The van der Waals surface area contributed by atoms with Gasteiger partial charge >= 0.3 is 0 Å². The van der Waals surface area contributed by atoms with Gasteiger partial charge in [-0.15, -0.1) is 0 Å². The van der Waals surface area contributed by atoms with Gasteiger partial charge in [-0.3, -0.25) is 4.90 Å². The highest BCUT2D eigenvalue weighted by atomic mass is 15.3. The number of para-hydroxylation sites is 2. The highest BCUT2D eigenvalue weighted by Crippen LogP contribution is 2.16. The first-order valence-electron chi connectivity index (χ1n) is 8.73. The van der Waals surface area contributed by atoms with Gasteiger partial charge in [0.2, 0.25) is 0 Å².